The van der Waals surface area contributed by atoms with E-state index in [0.717, 1.165) is 0 Å². The van der Waals surface area contributed by atoms with Gasteiger partial charge in [0, 0.05) is 13.1 Å². The van der Waals surface area contributed by atoms with Crippen molar-refractivity contribution in [3.8, 4) is 0 Å². The van der Waals surface area contributed by atoms with Crippen molar-refractivity contribution >= 4 is 0 Å². The van der Waals surface area contributed by atoms with Gasteiger partial charge in [0.1, 0.15) is 0 Å². The van der Waals surface area contributed by atoms with E-state index >= 15 is 0 Å². The number of hydrogen-bond acceptors (Lipinski definition) is 1. The Morgan fingerprint density at radius 1 is 1.08 bits per heavy atom. The average Bonchev–Trinajstić information content (AvgIpc) is 2.05. The summed E-state index contributed by atoms with van der Waals surface area (Å²) >= 11 is 0. The van der Waals surface area contributed by atoms with Gasteiger partial charge in [0.15, 0.2) is 0 Å². The Bertz CT molecular complexity index is 169. The molecule has 0 aliphatic carbocycles. The van der Waals surface area contributed by atoms with Gasteiger partial charge in [-0.15, -0.1) is 0 Å². The fourth-order valence-corrected chi connectivity index (χ4v) is 1.42. The van der Waals surface area contributed by atoms with Crippen LogP contribution in [0, 0.1) is 0 Å². The Morgan fingerprint density at radius 3 is 2.33 bits per heavy atom. The summed E-state index contributed by atoms with van der Waals surface area (Å²) in [6.07, 6.45) is 10.7. The van der Waals surface area contributed by atoms with E-state index in [1.807, 2.05) is 0 Å². The lowest BCUT2D eigenvalue weighted by Gasteiger charge is -2.24. The Kier molecular flexibility index (Phi) is 3.92. The summed E-state index contributed by atoms with van der Waals surface area (Å²) in [5.74, 6) is 0. The zero-order valence-corrected chi connectivity index (χ0v) is 8.21. The molecule has 0 saturated carbocycles. The van der Waals surface area contributed by atoms with E-state index in [1.54, 1.807) is 0 Å². The first-order chi connectivity index (χ1) is 5.79. The number of likely N-dealkylation sites (tertiary alicyclic amines) is 1. The zero-order valence-electron chi connectivity index (χ0n) is 8.21. The van der Waals surface area contributed by atoms with Crippen LogP contribution >= 0.6 is 0 Å². The van der Waals surface area contributed by atoms with E-state index in [4.69, 9.17) is 0 Å². The topological polar surface area (TPSA) is 3.24 Å². The smallest absolute Gasteiger partial charge is 0.0172 e. The van der Waals surface area contributed by atoms with E-state index in [2.05, 4.69) is 37.1 Å². The highest BCUT2D eigenvalue weighted by atomic mass is 15.1. The second kappa shape index (κ2) is 5.02. The molecule has 0 radical (unpaired) electrons. The van der Waals surface area contributed by atoms with Crippen molar-refractivity contribution in [1.29, 1.82) is 0 Å². The van der Waals surface area contributed by atoms with Gasteiger partial charge in [-0.3, -0.25) is 0 Å². The van der Waals surface area contributed by atoms with Crippen LogP contribution < -0.4 is 0 Å². The molecule has 1 heteroatoms. The molecule has 0 bridgehead atoms. The van der Waals surface area contributed by atoms with Crippen LogP contribution in [-0.4, -0.2) is 18.0 Å². The van der Waals surface area contributed by atoms with Gasteiger partial charge in [-0.2, -0.15) is 0 Å². The summed E-state index contributed by atoms with van der Waals surface area (Å²) in [4.78, 5) is 2.41. The van der Waals surface area contributed by atoms with Crippen molar-refractivity contribution in [1.82, 2.24) is 4.90 Å². The molecule has 1 aliphatic heterocycles. The van der Waals surface area contributed by atoms with Crippen molar-refractivity contribution in [2.24, 2.45) is 0 Å². The quantitative estimate of drug-likeness (QED) is 0.569. The maximum Gasteiger partial charge on any atom is 0.0172 e. The zero-order chi connectivity index (χ0) is 8.81. The van der Waals surface area contributed by atoms with Gasteiger partial charge >= 0.3 is 0 Å². The van der Waals surface area contributed by atoms with Gasteiger partial charge in [-0.25, -0.2) is 0 Å². The van der Waals surface area contributed by atoms with E-state index < -0.39 is 0 Å². The van der Waals surface area contributed by atoms with Crippen LogP contribution in [0.1, 0.15) is 33.1 Å². The molecule has 0 aromatic heterocycles. The highest BCUT2D eigenvalue weighted by Gasteiger charge is 2.03. The van der Waals surface area contributed by atoms with Crippen LogP contribution in [0.4, 0.5) is 0 Å². The van der Waals surface area contributed by atoms with E-state index in [9.17, 15) is 0 Å². The standard InChI is InChI=1S/C11H19N/c1-11(2)7-6-10-12-8-4-3-5-9-12/h6-7,10H,3-5,8-9H2,1-2H3/b10-6+. The molecular weight excluding hydrogens is 146 g/mol. The molecule has 1 fully saturated rings. The molecule has 1 heterocycles. The molecule has 1 rings (SSSR count). The molecule has 1 aliphatic rings. The van der Waals surface area contributed by atoms with Crippen LogP contribution in [0.15, 0.2) is 23.9 Å². The number of hydrogen-bond donors (Lipinski definition) is 0. The minimum Gasteiger partial charge on any atom is -0.377 e. The van der Waals surface area contributed by atoms with E-state index in [0.29, 0.717) is 0 Å². The normalized spacial score (nSPS) is 18.3. The lowest BCUT2D eigenvalue weighted by atomic mass is 10.1. The number of rotatable bonds is 2. The Morgan fingerprint density at radius 2 is 1.75 bits per heavy atom. The predicted octanol–water partition coefficient (Wildman–Crippen LogP) is 2.95. The van der Waals surface area contributed by atoms with Crippen molar-refractivity contribution in [3.05, 3.63) is 23.9 Å². The summed E-state index contributed by atoms with van der Waals surface area (Å²) < 4.78 is 0. The molecule has 12 heavy (non-hydrogen) atoms. The lowest BCUT2D eigenvalue weighted by molar-refractivity contribution is 0.309. The van der Waals surface area contributed by atoms with Crippen LogP contribution in [0.25, 0.3) is 0 Å². The largest absolute Gasteiger partial charge is 0.377 e. The number of nitrogens with zero attached hydrogens (tertiary/aromatic N) is 1. The maximum absolute atomic E-state index is 2.41. The highest BCUT2D eigenvalue weighted by Crippen LogP contribution is 2.08. The molecule has 1 nitrogen and oxygen atoms in total. The van der Waals surface area contributed by atoms with Crippen LogP contribution in [0.2, 0.25) is 0 Å². The lowest BCUT2D eigenvalue weighted by Crippen LogP contribution is -2.23. The molecule has 68 valence electrons. The first-order valence-corrected chi connectivity index (χ1v) is 4.85. The van der Waals surface area contributed by atoms with Crippen molar-refractivity contribution in [3.63, 3.8) is 0 Å². The van der Waals surface area contributed by atoms with Gasteiger partial charge in [0.05, 0.1) is 0 Å². The fraction of sp³-hybridized carbons (Fsp3) is 0.636. The summed E-state index contributed by atoms with van der Waals surface area (Å²) in [5.41, 5.74) is 1.36. The first-order valence-electron chi connectivity index (χ1n) is 4.85. The third-order valence-electron chi connectivity index (χ3n) is 2.12. The molecule has 0 N–H and O–H groups in total. The van der Waals surface area contributed by atoms with Crippen molar-refractivity contribution in [2.75, 3.05) is 13.1 Å². The maximum atomic E-state index is 2.41. The molecule has 0 unspecified atom stereocenters. The van der Waals surface area contributed by atoms with Crippen molar-refractivity contribution in [2.45, 2.75) is 33.1 Å². The summed E-state index contributed by atoms with van der Waals surface area (Å²) in [6, 6.07) is 0. The SMILES string of the molecule is CC(C)=C/C=C/N1CCCCC1. The van der Waals surface area contributed by atoms with Gasteiger partial charge in [0.25, 0.3) is 0 Å². The molecule has 0 aromatic carbocycles. The Balaban J connectivity index is 2.29. The number of allylic oxidation sites excluding steroid dienone is 3. The summed E-state index contributed by atoms with van der Waals surface area (Å²) in [7, 11) is 0. The van der Waals surface area contributed by atoms with E-state index in [1.165, 1.54) is 37.9 Å². The van der Waals surface area contributed by atoms with Crippen LogP contribution in [0.3, 0.4) is 0 Å². The molecule has 0 aromatic rings. The predicted molar refractivity (Wildman–Crippen MR) is 54.0 cm³/mol. The minimum atomic E-state index is 1.24. The molecule has 1 saturated heterocycles. The van der Waals surface area contributed by atoms with Crippen molar-refractivity contribution < 1.29 is 0 Å². The summed E-state index contributed by atoms with van der Waals surface area (Å²) in [5, 5.41) is 0. The first kappa shape index (κ1) is 9.37. The van der Waals surface area contributed by atoms with Gasteiger partial charge in [-0.1, -0.05) is 11.6 Å². The molecule has 0 atom stereocenters. The van der Waals surface area contributed by atoms with Gasteiger partial charge < -0.3 is 4.90 Å². The minimum absolute atomic E-state index is 1.24. The Labute approximate surface area is 75.8 Å². The van der Waals surface area contributed by atoms with Crippen LogP contribution in [-0.2, 0) is 0 Å². The third-order valence-corrected chi connectivity index (χ3v) is 2.12. The second-order valence-electron chi connectivity index (χ2n) is 3.68. The monoisotopic (exact) mass is 165 g/mol. The van der Waals surface area contributed by atoms with Crippen LogP contribution in [0.5, 0.6) is 0 Å². The van der Waals surface area contributed by atoms with Gasteiger partial charge in [0.2, 0.25) is 0 Å². The second-order valence-corrected chi connectivity index (χ2v) is 3.68. The Hall–Kier alpha value is -0.720. The third kappa shape index (κ3) is 3.61. The van der Waals surface area contributed by atoms with Gasteiger partial charge in [-0.05, 0) is 45.4 Å². The molecular formula is C11H19N. The summed E-state index contributed by atoms with van der Waals surface area (Å²) in [6.45, 7) is 6.74. The fourth-order valence-electron chi connectivity index (χ4n) is 1.42. The number of piperidine rings is 1. The average molecular weight is 165 g/mol. The van der Waals surface area contributed by atoms with E-state index in [-0.39, 0.29) is 0 Å². The molecule has 0 amide bonds. The molecule has 0 spiro atoms. The highest BCUT2D eigenvalue weighted by molar-refractivity contribution is 5.07.